The van der Waals surface area contributed by atoms with Crippen LogP contribution in [0.5, 0.6) is 11.5 Å². The van der Waals surface area contributed by atoms with E-state index < -0.39 is 11.9 Å². The molecule has 3 aromatic carbocycles. The third-order valence-electron chi connectivity index (χ3n) is 3.84. The maximum Gasteiger partial charge on any atom is 0.343 e. The molecule has 31 heavy (non-hydrogen) atoms. The smallest absolute Gasteiger partial charge is 0.343 e. The highest BCUT2D eigenvalue weighted by atomic mass is 79.9. The lowest BCUT2D eigenvalue weighted by atomic mass is 10.2. The summed E-state index contributed by atoms with van der Waals surface area (Å²) in [7, 11) is 0. The fraction of sp³-hybridized carbons (Fsp3) is 0.0455. The standard InChI is InChI=1S/C22H15BrCl2N2O4/c23-16-7-10-19(31-22(29)14-5-8-17(24)9-6-14)15(11-16)12-26-27-21(28)13-30-20-4-2-1-3-18(20)25/h1-12H,13H2,(H,27,28)/b26-12+. The van der Waals surface area contributed by atoms with Crippen molar-refractivity contribution in [1.29, 1.82) is 0 Å². The van der Waals surface area contributed by atoms with Gasteiger partial charge in [-0.3, -0.25) is 4.79 Å². The predicted molar refractivity (Wildman–Crippen MR) is 123 cm³/mol. The van der Waals surface area contributed by atoms with Crippen molar-refractivity contribution in [2.45, 2.75) is 0 Å². The van der Waals surface area contributed by atoms with Crippen LogP contribution < -0.4 is 14.9 Å². The summed E-state index contributed by atoms with van der Waals surface area (Å²) in [6.07, 6.45) is 1.36. The van der Waals surface area contributed by atoms with E-state index in [4.69, 9.17) is 32.7 Å². The highest BCUT2D eigenvalue weighted by Gasteiger charge is 2.12. The van der Waals surface area contributed by atoms with Gasteiger partial charge in [0.1, 0.15) is 11.5 Å². The number of hydrogen-bond donors (Lipinski definition) is 1. The summed E-state index contributed by atoms with van der Waals surface area (Å²) in [6.45, 7) is -0.266. The van der Waals surface area contributed by atoms with E-state index in [1.807, 2.05) is 0 Å². The summed E-state index contributed by atoms with van der Waals surface area (Å²) in [5.74, 6) is -0.364. The van der Waals surface area contributed by atoms with Crippen LogP contribution in [-0.4, -0.2) is 24.7 Å². The molecule has 0 saturated carbocycles. The summed E-state index contributed by atoms with van der Waals surface area (Å²) in [5.41, 5.74) is 3.17. The Labute approximate surface area is 196 Å². The van der Waals surface area contributed by atoms with Crippen LogP contribution in [0.2, 0.25) is 10.0 Å². The van der Waals surface area contributed by atoms with Crippen LogP contribution in [0.25, 0.3) is 0 Å². The average molecular weight is 522 g/mol. The second kappa shape index (κ2) is 10.9. The molecule has 0 spiro atoms. The molecule has 0 bridgehead atoms. The molecule has 0 aliphatic heterocycles. The summed E-state index contributed by atoms with van der Waals surface area (Å²) >= 11 is 15.2. The Morgan fingerprint density at radius 3 is 2.48 bits per heavy atom. The highest BCUT2D eigenvalue weighted by molar-refractivity contribution is 9.10. The first-order chi connectivity index (χ1) is 14.9. The highest BCUT2D eigenvalue weighted by Crippen LogP contribution is 2.24. The second-order valence-corrected chi connectivity index (χ2v) is 7.85. The molecule has 3 aromatic rings. The Morgan fingerprint density at radius 2 is 1.74 bits per heavy atom. The molecule has 3 rings (SSSR count). The predicted octanol–water partition coefficient (Wildman–Crippen LogP) is 5.50. The fourth-order valence-corrected chi connectivity index (χ4v) is 3.06. The SMILES string of the molecule is O=C(COc1ccccc1Cl)N/N=C/c1cc(Br)ccc1OC(=O)c1ccc(Cl)cc1. The lowest BCUT2D eigenvalue weighted by Gasteiger charge is -2.08. The lowest BCUT2D eigenvalue weighted by Crippen LogP contribution is -2.24. The van der Waals surface area contributed by atoms with E-state index in [1.54, 1.807) is 66.7 Å². The number of amides is 1. The monoisotopic (exact) mass is 520 g/mol. The van der Waals surface area contributed by atoms with Crippen LogP contribution in [0, 0.1) is 0 Å². The van der Waals surface area contributed by atoms with Crippen LogP contribution in [0.1, 0.15) is 15.9 Å². The van der Waals surface area contributed by atoms with E-state index in [1.165, 1.54) is 6.21 Å². The van der Waals surface area contributed by atoms with Gasteiger partial charge in [0, 0.05) is 15.1 Å². The fourth-order valence-electron chi connectivity index (χ4n) is 2.37. The van der Waals surface area contributed by atoms with Crippen molar-refractivity contribution in [2.24, 2.45) is 5.10 Å². The zero-order valence-corrected chi connectivity index (χ0v) is 18.9. The quantitative estimate of drug-likeness (QED) is 0.192. The molecule has 0 fully saturated rings. The van der Waals surface area contributed by atoms with Gasteiger partial charge in [0.15, 0.2) is 6.61 Å². The van der Waals surface area contributed by atoms with Crippen LogP contribution in [0.15, 0.2) is 76.3 Å². The van der Waals surface area contributed by atoms with Crippen molar-refractivity contribution in [1.82, 2.24) is 5.43 Å². The van der Waals surface area contributed by atoms with Crippen molar-refractivity contribution in [3.05, 3.63) is 92.4 Å². The molecule has 0 atom stereocenters. The molecule has 0 saturated heterocycles. The van der Waals surface area contributed by atoms with E-state index in [2.05, 4.69) is 26.5 Å². The zero-order chi connectivity index (χ0) is 22.2. The minimum absolute atomic E-state index is 0.266. The van der Waals surface area contributed by atoms with Crippen LogP contribution in [-0.2, 0) is 4.79 Å². The summed E-state index contributed by atoms with van der Waals surface area (Å²) in [5, 5.41) is 4.82. The number of nitrogens with one attached hydrogen (secondary N) is 1. The minimum Gasteiger partial charge on any atom is -0.482 e. The van der Waals surface area contributed by atoms with Crippen LogP contribution >= 0.6 is 39.1 Å². The number of benzene rings is 3. The molecular weight excluding hydrogens is 507 g/mol. The van der Waals surface area contributed by atoms with Crippen molar-refractivity contribution < 1.29 is 19.1 Å². The second-order valence-electron chi connectivity index (χ2n) is 6.09. The average Bonchev–Trinajstić information content (AvgIpc) is 2.75. The number of esters is 1. The Balaban J connectivity index is 1.62. The summed E-state index contributed by atoms with van der Waals surface area (Å²) in [4.78, 5) is 24.3. The number of para-hydroxylation sites is 1. The Morgan fingerprint density at radius 1 is 1.00 bits per heavy atom. The molecule has 0 aromatic heterocycles. The van der Waals surface area contributed by atoms with Gasteiger partial charge in [0.2, 0.25) is 0 Å². The largest absolute Gasteiger partial charge is 0.482 e. The third-order valence-corrected chi connectivity index (χ3v) is 4.90. The number of hydrogen-bond acceptors (Lipinski definition) is 5. The van der Waals surface area contributed by atoms with E-state index in [0.717, 1.165) is 4.47 Å². The number of carbonyl (C=O) groups is 2. The Hall–Kier alpha value is -2.87. The van der Waals surface area contributed by atoms with Gasteiger partial charge in [-0.25, -0.2) is 10.2 Å². The molecule has 158 valence electrons. The number of rotatable bonds is 7. The van der Waals surface area contributed by atoms with Crippen molar-refractivity contribution >= 4 is 57.2 Å². The minimum atomic E-state index is -0.550. The van der Waals surface area contributed by atoms with Gasteiger partial charge in [-0.15, -0.1) is 0 Å². The van der Waals surface area contributed by atoms with Crippen molar-refractivity contribution in [2.75, 3.05) is 6.61 Å². The van der Waals surface area contributed by atoms with Gasteiger partial charge in [0.25, 0.3) is 5.91 Å². The van der Waals surface area contributed by atoms with Crippen LogP contribution in [0.4, 0.5) is 0 Å². The van der Waals surface area contributed by atoms with E-state index in [-0.39, 0.29) is 12.4 Å². The number of hydrazone groups is 1. The molecule has 0 radical (unpaired) electrons. The number of carbonyl (C=O) groups excluding carboxylic acids is 2. The molecule has 9 heteroatoms. The van der Waals surface area contributed by atoms with Crippen molar-refractivity contribution in [3.63, 3.8) is 0 Å². The molecule has 6 nitrogen and oxygen atoms in total. The zero-order valence-electron chi connectivity index (χ0n) is 15.8. The molecular formula is C22H15BrCl2N2O4. The van der Waals surface area contributed by atoms with Gasteiger partial charge < -0.3 is 9.47 Å². The molecule has 1 N–H and O–H groups in total. The van der Waals surface area contributed by atoms with Crippen molar-refractivity contribution in [3.8, 4) is 11.5 Å². The first kappa shape index (κ1) is 22.8. The van der Waals surface area contributed by atoms with Gasteiger partial charge in [-0.05, 0) is 54.6 Å². The molecule has 0 heterocycles. The van der Waals surface area contributed by atoms with Gasteiger partial charge in [-0.2, -0.15) is 5.10 Å². The first-order valence-corrected chi connectivity index (χ1v) is 10.4. The first-order valence-electron chi connectivity index (χ1n) is 8.89. The van der Waals surface area contributed by atoms with E-state index in [0.29, 0.717) is 26.9 Å². The Bertz CT molecular complexity index is 1120. The lowest BCUT2D eigenvalue weighted by molar-refractivity contribution is -0.123. The van der Waals surface area contributed by atoms with Crippen LogP contribution in [0.3, 0.4) is 0 Å². The summed E-state index contributed by atoms with van der Waals surface area (Å²) < 4.78 is 11.6. The molecule has 1 amide bonds. The molecule has 0 unspecified atom stereocenters. The summed E-state index contributed by atoms with van der Waals surface area (Å²) in [6, 6.07) is 18.2. The molecule has 0 aliphatic carbocycles. The maximum absolute atomic E-state index is 12.4. The number of ether oxygens (including phenoxy) is 2. The number of halogens is 3. The third kappa shape index (κ3) is 6.82. The van der Waals surface area contributed by atoms with Gasteiger partial charge in [0.05, 0.1) is 16.8 Å². The topological polar surface area (TPSA) is 77.0 Å². The van der Waals surface area contributed by atoms with Gasteiger partial charge in [-0.1, -0.05) is 51.3 Å². The maximum atomic E-state index is 12.4. The normalized spacial score (nSPS) is 10.7. The van der Waals surface area contributed by atoms with E-state index in [9.17, 15) is 9.59 Å². The van der Waals surface area contributed by atoms with Gasteiger partial charge >= 0.3 is 5.97 Å². The number of nitrogens with zero attached hydrogens (tertiary/aromatic N) is 1. The Kier molecular flexibility index (Phi) is 8.06. The van der Waals surface area contributed by atoms with E-state index >= 15 is 0 Å². The molecule has 0 aliphatic rings.